The summed E-state index contributed by atoms with van der Waals surface area (Å²) in [6.45, 7) is 0.764. The fraction of sp³-hybridized carbons (Fsp3) is 0.0952. The van der Waals surface area contributed by atoms with Crippen molar-refractivity contribution >= 4 is 34.2 Å². The number of fused-ring (bicyclic) bond motifs is 1. The van der Waals surface area contributed by atoms with E-state index in [9.17, 15) is 0 Å². The van der Waals surface area contributed by atoms with Gasteiger partial charge in [0.1, 0.15) is 5.82 Å². The molecular formula is C21H16Cl2N2. The average Bonchev–Trinajstić information content (AvgIpc) is 2.96. The molecule has 0 radical (unpaired) electrons. The molecule has 0 aliphatic rings. The number of hydrogen-bond acceptors (Lipinski definition) is 1. The second kappa shape index (κ2) is 6.91. The van der Waals surface area contributed by atoms with Crippen LogP contribution in [-0.2, 0) is 13.0 Å². The van der Waals surface area contributed by atoms with Crippen molar-refractivity contribution in [3.05, 3.63) is 99.8 Å². The summed E-state index contributed by atoms with van der Waals surface area (Å²) in [5.74, 6) is 1.04. The molecule has 4 rings (SSSR count). The van der Waals surface area contributed by atoms with Gasteiger partial charge in [-0.15, -0.1) is 0 Å². The van der Waals surface area contributed by atoms with Gasteiger partial charge in [0, 0.05) is 23.0 Å². The van der Waals surface area contributed by atoms with Gasteiger partial charge in [0.15, 0.2) is 0 Å². The van der Waals surface area contributed by atoms with E-state index in [1.807, 2.05) is 42.5 Å². The van der Waals surface area contributed by atoms with Crippen molar-refractivity contribution in [2.45, 2.75) is 13.0 Å². The van der Waals surface area contributed by atoms with Crippen LogP contribution in [0.3, 0.4) is 0 Å². The van der Waals surface area contributed by atoms with Gasteiger partial charge in [0.25, 0.3) is 0 Å². The van der Waals surface area contributed by atoms with Crippen molar-refractivity contribution in [3.8, 4) is 0 Å². The Morgan fingerprint density at radius 1 is 0.720 bits per heavy atom. The molecule has 0 saturated carbocycles. The monoisotopic (exact) mass is 366 g/mol. The molecule has 124 valence electrons. The summed E-state index contributed by atoms with van der Waals surface area (Å²) in [7, 11) is 0. The first kappa shape index (κ1) is 16.2. The fourth-order valence-electron chi connectivity index (χ4n) is 2.99. The number of hydrogen-bond donors (Lipinski definition) is 0. The highest BCUT2D eigenvalue weighted by Crippen LogP contribution is 2.21. The van der Waals surface area contributed by atoms with Crippen molar-refractivity contribution in [2.24, 2.45) is 0 Å². The summed E-state index contributed by atoms with van der Waals surface area (Å²) in [6, 6.07) is 24.1. The molecule has 0 spiro atoms. The molecular weight excluding hydrogens is 351 g/mol. The maximum absolute atomic E-state index is 6.01. The predicted octanol–water partition coefficient (Wildman–Crippen LogP) is 5.98. The first-order valence-electron chi connectivity index (χ1n) is 8.12. The van der Waals surface area contributed by atoms with Gasteiger partial charge in [-0.1, -0.05) is 59.6 Å². The summed E-state index contributed by atoms with van der Waals surface area (Å²) in [4.78, 5) is 4.85. The molecule has 0 amide bonds. The zero-order valence-corrected chi connectivity index (χ0v) is 15.0. The second-order valence-electron chi connectivity index (χ2n) is 6.03. The Labute approximate surface area is 156 Å². The maximum atomic E-state index is 6.01. The molecule has 2 nitrogen and oxygen atoms in total. The van der Waals surface area contributed by atoms with E-state index in [-0.39, 0.29) is 0 Å². The lowest BCUT2D eigenvalue weighted by Gasteiger charge is -2.10. The van der Waals surface area contributed by atoms with Crippen LogP contribution in [0.25, 0.3) is 11.0 Å². The normalized spacial score (nSPS) is 11.1. The van der Waals surface area contributed by atoms with E-state index in [1.54, 1.807) is 0 Å². The number of halogens is 2. The average molecular weight is 367 g/mol. The highest BCUT2D eigenvalue weighted by molar-refractivity contribution is 6.30. The minimum Gasteiger partial charge on any atom is -0.323 e. The van der Waals surface area contributed by atoms with E-state index in [0.717, 1.165) is 39.9 Å². The van der Waals surface area contributed by atoms with E-state index >= 15 is 0 Å². The molecule has 0 bridgehead atoms. The van der Waals surface area contributed by atoms with Crippen LogP contribution < -0.4 is 0 Å². The van der Waals surface area contributed by atoms with E-state index in [1.165, 1.54) is 11.1 Å². The van der Waals surface area contributed by atoms with Crippen LogP contribution in [0.5, 0.6) is 0 Å². The molecule has 0 N–H and O–H groups in total. The molecule has 0 aliphatic heterocycles. The Kier molecular flexibility index (Phi) is 4.48. The first-order chi connectivity index (χ1) is 12.2. The van der Waals surface area contributed by atoms with Crippen LogP contribution in [-0.4, -0.2) is 9.55 Å². The molecule has 0 saturated heterocycles. The summed E-state index contributed by atoms with van der Waals surface area (Å²) in [5, 5.41) is 1.50. The summed E-state index contributed by atoms with van der Waals surface area (Å²) in [5.41, 5.74) is 4.55. The summed E-state index contributed by atoms with van der Waals surface area (Å²) < 4.78 is 2.27. The van der Waals surface area contributed by atoms with Crippen LogP contribution >= 0.6 is 23.2 Å². The lowest BCUT2D eigenvalue weighted by atomic mass is 10.1. The SMILES string of the molecule is Clc1ccc(Cc2nc3ccccc3n2Cc2ccc(Cl)cc2)cc1. The van der Waals surface area contributed by atoms with Gasteiger partial charge in [-0.3, -0.25) is 0 Å². The van der Waals surface area contributed by atoms with Gasteiger partial charge in [-0.25, -0.2) is 4.98 Å². The lowest BCUT2D eigenvalue weighted by molar-refractivity contribution is 0.762. The van der Waals surface area contributed by atoms with Gasteiger partial charge < -0.3 is 4.57 Å². The molecule has 1 heterocycles. The van der Waals surface area contributed by atoms with Crippen LogP contribution in [0.1, 0.15) is 17.0 Å². The number of rotatable bonds is 4. The van der Waals surface area contributed by atoms with Gasteiger partial charge in [0.2, 0.25) is 0 Å². The van der Waals surface area contributed by atoms with Gasteiger partial charge >= 0.3 is 0 Å². The van der Waals surface area contributed by atoms with Crippen molar-refractivity contribution in [1.82, 2.24) is 9.55 Å². The molecule has 0 atom stereocenters. The minimum absolute atomic E-state index is 0.749. The van der Waals surface area contributed by atoms with Crippen molar-refractivity contribution < 1.29 is 0 Å². The quantitative estimate of drug-likeness (QED) is 0.434. The van der Waals surface area contributed by atoms with E-state index in [4.69, 9.17) is 28.2 Å². The van der Waals surface area contributed by atoms with Crippen molar-refractivity contribution in [2.75, 3.05) is 0 Å². The highest BCUT2D eigenvalue weighted by atomic mass is 35.5. The number of aromatic nitrogens is 2. The smallest absolute Gasteiger partial charge is 0.114 e. The number of benzene rings is 3. The maximum Gasteiger partial charge on any atom is 0.114 e. The molecule has 0 aliphatic carbocycles. The lowest BCUT2D eigenvalue weighted by Crippen LogP contribution is -2.06. The third kappa shape index (κ3) is 3.55. The molecule has 4 heteroatoms. The van der Waals surface area contributed by atoms with Crippen LogP contribution in [0, 0.1) is 0 Å². The molecule has 0 fully saturated rings. The number of nitrogens with zero attached hydrogens (tertiary/aromatic N) is 2. The fourth-order valence-corrected chi connectivity index (χ4v) is 3.25. The Balaban J connectivity index is 1.74. The van der Waals surface area contributed by atoms with Crippen LogP contribution in [0.4, 0.5) is 0 Å². The van der Waals surface area contributed by atoms with Crippen LogP contribution in [0.15, 0.2) is 72.8 Å². The molecule has 25 heavy (non-hydrogen) atoms. The molecule has 4 aromatic rings. The topological polar surface area (TPSA) is 17.8 Å². The third-order valence-corrected chi connectivity index (χ3v) is 4.77. The first-order valence-corrected chi connectivity index (χ1v) is 8.88. The van der Waals surface area contributed by atoms with Crippen molar-refractivity contribution in [3.63, 3.8) is 0 Å². The van der Waals surface area contributed by atoms with Gasteiger partial charge in [0.05, 0.1) is 11.0 Å². The third-order valence-electron chi connectivity index (χ3n) is 4.26. The zero-order chi connectivity index (χ0) is 17.2. The molecule has 1 aromatic heterocycles. The van der Waals surface area contributed by atoms with Crippen molar-refractivity contribution in [1.29, 1.82) is 0 Å². The summed E-state index contributed by atoms with van der Waals surface area (Å²) >= 11 is 12.0. The Morgan fingerprint density at radius 3 is 2.00 bits per heavy atom. The minimum atomic E-state index is 0.749. The van der Waals surface area contributed by atoms with Gasteiger partial charge in [-0.05, 0) is 47.5 Å². The predicted molar refractivity (Wildman–Crippen MR) is 105 cm³/mol. The Hall–Kier alpha value is -2.29. The Bertz CT molecular complexity index is 1000. The highest BCUT2D eigenvalue weighted by Gasteiger charge is 2.11. The van der Waals surface area contributed by atoms with E-state index in [2.05, 4.69) is 34.9 Å². The molecule has 3 aromatic carbocycles. The van der Waals surface area contributed by atoms with E-state index < -0.39 is 0 Å². The van der Waals surface area contributed by atoms with E-state index in [0.29, 0.717) is 0 Å². The summed E-state index contributed by atoms with van der Waals surface area (Å²) in [6.07, 6.45) is 0.763. The number of imidazole rings is 1. The Morgan fingerprint density at radius 2 is 1.32 bits per heavy atom. The largest absolute Gasteiger partial charge is 0.323 e. The number of para-hydroxylation sites is 2. The standard InChI is InChI=1S/C21H16Cl2N2/c22-17-9-5-15(6-10-17)13-21-24-19-3-1-2-4-20(19)25(21)14-16-7-11-18(23)12-8-16/h1-12H,13-14H2. The van der Waals surface area contributed by atoms with Crippen LogP contribution in [0.2, 0.25) is 10.0 Å². The molecule has 0 unspecified atom stereocenters. The zero-order valence-electron chi connectivity index (χ0n) is 13.5. The second-order valence-corrected chi connectivity index (χ2v) is 6.91. The van der Waals surface area contributed by atoms with Gasteiger partial charge in [-0.2, -0.15) is 0 Å².